The molecule has 1 aromatic heterocycles. The highest BCUT2D eigenvalue weighted by Crippen LogP contribution is 2.26. The summed E-state index contributed by atoms with van der Waals surface area (Å²) in [5, 5.41) is 0. The van der Waals surface area contributed by atoms with E-state index < -0.39 is 0 Å². The van der Waals surface area contributed by atoms with Crippen LogP contribution >= 0.6 is 0 Å². The van der Waals surface area contributed by atoms with Crippen molar-refractivity contribution in [3.63, 3.8) is 0 Å². The maximum Gasteiger partial charge on any atom is 0.128 e. The summed E-state index contributed by atoms with van der Waals surface area (Å²) in [6.45, 7) is 0.694. The molecule has 1 fully saturated rings. The van der Waals surface area contributed by atoms with Crippen molar-refractivity contribution in [3.8, 4) is 0 Å². The molecule has 0 unspecified atom stereocenters. The third-order valence-electron chi connectivity index (χ3n) is 3.23. The van der Waals surface area contributed by atoms with Gasteiger partial charge < -0.3 is 10.6 Å². The highest BCUT2D eigenvalue weighted by molar-refractivity contribution is 5.40. The molecule has 2 N–H and O–H groups in total. The Bertz CT molecular complexity index is 303. The average Bonchev–Trinajstić information content (AvgIpc) is 2.16. The molecule has 82 valence electrons. The van der Waals surface area contributed by atoms with Gasteiger partial charge >= 0.3 is 0 Å². The van der Waals surface area contributed by atoms with Crippen molar-refractivity contribution in [1.82, 2.24) is 4.98 Å². The fourth-order valence-corrected chi connectivity index (χ4v) is 1.90. The van der Waals surface area contributed by atoms with Gasteiger partial charge in [0.25, 0.3) is 0 Å². The van der Waals surface area contributed by atoms with Gasteiger partial charge in [-0.05, 0) is 43.9 Å². The van der Waals surface area contributed by atoms with Crippen molar-refractivity contribution in [2.45, 2.75) is 31.7 Å². The Morgan fingerprint density at radius 1 is 1.47 bits per heavy atom. The standard InChI is InChI=1S/C12H19N3/c1-15(11-3-2-4-11)12-6-5-10(7-8-13)9-14-12/h5-6,9,11H,2-4,7-8,13H2,1H3. The van der Waals surface area contributed by atoms with Crippen LogP contribution in [-0.4, -0.2) is 24.6 Å². The summed E-state index contributed by atoms with van der Waals surface area (Å²) < 4.78 is 0. The van der Waals surface area contributed by atoms with E-state index in [-0.39, 0.29) is 0 Å². The van der Waals surface area contributed by atoms with E-state index in [0.717, 1.165) is 12.2 Å². The third-order valence-corrected chi connectivity index (χ3v) is 3.23. The van der Waals surface area contributed by atoms with Crippen LogP contribution < -0.4 is 10.6 Å². The first kappa shape index (κ1) is 10.4. The Kier molecular flexibility index (Phi) is 3.21. The van der Waals surface area contributed by atoms with Crippen LogP contribution in [0, 0.1) is 0 Å². The van der Waals surface area contributed by atoms with Crippen molar-refractivity contribution in [2.75, 3.05) is 18.5 Å². The first-order valence-corrected chi connectivity index (χ1v) is 5.69. The number of hydrogen-bond donors (Lipinski definition) is 1. The molecule has 1 aliphatic rings. The zero-order valence-corrected chi connectivity index (χ0v) is 9.32. The number of nitrogens with two attached hydrogens (primary N) is 1. The Balaban J connectivity index is 2.02. The predicted molar refractivity (Wildman–Crippen MR) is 63.0 cm³/mol. The Morgan fingerprint density at radius 2 is 2.27 bits per heavy atom. The molecule has 1 heterocycles. The lowest BCUT2D eigenvalue weighted by molar-refractivity contribution is 0.399. The third kappa shape index (κ3) is 2.29. The van der Waals surface area contributed by atoms with Gasteiger partial charge in [-0.2, -0.15) is 0 Å². The summed E-state index contributed by atoms with van der Waals surface area (Å²) in [6, 6.07) is 4.94. The molecule has 0 aliphatic heterocycles. The molecule has 0 amide bonds. The number of aromatic nitrogens is 1. The molecule has 0 aromatic carbocycles. The number of rotatable bonds is 4. The summed E-state index contributed by atoms with van der Waals surface area (Å²) in [6.07, 6.45) is 6.84. The van der Waals surface area contributed by atoms with E-state index in [4.69, 9.17) is 5.73 Å². The normalized spacial score (nSPS) is 16.1. The van der Waals surface area contributed by atoms with E-state index >= 15 is 0 Å². The second kappa shape index (κ2) is 4.62. The summed E-state index contributed by atoms with van der Waals surface area (Å²) in [7, 11) is 2.13. The number of anilines is 1. The summed E-state index contributed by atoms with van der Waals surface area (Å²) in [4.78, 5) is 6.76. The fraction of sp³-hybridized carbons (Fsp3) is 0.583. The lowest BCUT2D eigenvalue weighted by atomic mass is 9.92. The van der Waals surface area contributed by atoms with Crippen LogP contribution in [0.2, 0.25) is 0 Å². The van der Waals surface area contributed by atoms with E-state index in [1.807, 2.05) is 6.20 Å². The topological polar surface area (TPSA) is 42.1 Å². The number of pyridine rings is 1. The van der Waals surface area contributed by atoms with Crippen LogP contribution in [0.5, 0.6) is 0 Å². The molecule has 0 radical (unpaired) electrons. The largest absolute Gasteiger partial charge is 0.357 e. The molecule has 15 heavy (non-hydrogen) atoms. The molecule has 0 bridgehead atoms. The van der Waals surface area contributed by atoms with Gasteiger partial charge in [0, 0.05) is 19.3 Å². The Labute approximate surface area is 91.3 Å². The van der Waals surface area contributed by atoms with Crippen molar-refractivity contribution in [2.24, 2.45) is 5.73 Å². The molecular weight excluding hydrogens is 186 g/mol. The molecule has 0 spiro atoms. The van der Waals surface area contributed by atoms with E-state index in [1.54, 1.807) is 0 Å². The van der Waals surface area contributed by atoms with Crippen LogP contribution in [0.3, 0.4) is 0 Å². The van der Waals surface area contributed by atoms with E-state index in [9.17, 15) is 0 Å². The van der Waals surface area contributed by atoms with Gasteiger partial charge in [-0.15, -0.1) is 0 Å². The number of hydrogen-bond acceptors (Lipinski definition) is 3. The van der Waals surface area contributed by atoms with Gasteiger partial charge in [0.05, 0.1) is 0 Å². The second-order valence-electron chi connectivity index (χ2n) is 4.26. The monoisotopic (exact) mass is 205 g/mol. The summed E-state index contributed by atoms with van der Waals surface area (Å²) >= 11 is 0. The molecule has 3 heteroatoms. The Hall–Kier alpha value is -1.09. The average molecular weight is 205 g/mol. The quantitative estimate of drug-likeness (QED) is 0.811. The minimum atomic E-state index is 0.694. The van der Waals surface area contributed by atoms with Gasteiger partial charge in [0.2, 0.25) is 0 Å². The molecule has 1 aliphatic carbocycles. The van der Waals surface area contributed by atoms with Crippen molar-refractivity contribution >= 4 is 5.82 Å². The van der Waals surface area contributed by atoms with Crippen LogP contribution in [-0.2, 0) is 6.42 Å². The van der Waals surface area contributed by atoms with Gasteiger partial charge in [-0.3, -0.25) is 0 Å². The summed E-state index contributed by atoms with van der Waals surface area (Å²) in [5.41, 5.74) is 6.72. The zero-order chi connectivity index (χ0) is 10.7. The fourth-order valence-electron chi connectivity index (χ4n) is 1.90. The van der Waals surface area contributed by atoms with Gasteiger partial charge in [0.1, 0.15) is 5.82 Å². The molecule has 0 saturated heterocycles. The highest BCUT2D eigenvalue weighted by Gasteiger charge is 2.22. The van der Waals surface area contributed by atoms with Crippen LogP contribution in [0.25, 0.3) is 0 Å². The SMILES string of the molecule is CN(c1ccc(CCN)cn1)C1CCC1. The van der Waals surface area contributed by atoms with Gasteiger partial charge in [0.15, 0.2) is 0 Å². The molecule has 3 nitrogen and oxygen atoms in total. The Morgan fingerprint density at radius 3 is 2.73 bits per heavy atom. The minimum Gasteiger partial charge on any atom is -0.357 e. The van der Waals surface area contributed by atoms with Crippen molar-refractivity contribution < 1.29 is 0 Å². The van der Waals surface area contributed by atoms with Gasteiger partial charge in [-0.25, -0.2) is 4.98 Å². The lowest BCUT2D eigenvalue weighted by Crippen LogP contribution is -2.37. The molecule has 2 rings (SSSR count). The number of nitrogens with zero attached hydrogens (tertiary/aromatic N) is 2. The van der Waals surface area contributed by atoms with Crippen molar-refractivity contribution in [1.29, 1.82) is 0 Å². The van der Waals surface area contributed by atoms with Gasteiger partial charge in [-0.1, -0.05) is 6.07 Å². The van der Waals surface area contributed by atoms with Crippen LogP contribution in [0.15, 0.2) is 18.3 Å². The predicted octanol–water partition coefficient (Wildman–Crippen LogP) is 1.57. The van der Waals surface area contributed by atoms with Crippen LogP contribution in [0.1, 0.15) is 24.8 Å². The van der Waals surface area contributed by atoms with E-state index in [0.29, 0.717) is 12.6 Å². The second-order valence-corrected chi connectivity index (χ2v) is 4.26. The minimum absolute atomic E-state index is 0.694. The first-order chi connectivity index (χ1) is 7.31. The van der Waals surface area contributed by atoms with Crippen LogP contribution in [0.4, 0.5) is 5.82 Å². The molecular formula is C12H19N3. The first-order valence-electron chi connectivity index (χ1n) is 5.69. The maximum atomic E-state index is 5.50. The molecule has 1 aromatic rings. The maximum absolute atomic E-state index is 5.50. The molecule has 0 atom stereocenters. The summed E-state index contributed by atoms with van der Waals surface area (Å²) in [5.74, 6) is 1.08. The van der Waals surface area contributed by atoms with E-state index in [1.165, 1.54) is 24.8 Å². The van der Waals surface area contributed by atoms with E-state index in [2.05, 4.69) is 29.1 Å². The van der Waals surface area contributed by atoms with Crippen molar-refractivity contribution in [3.05, 3.63) is 23.9 Å². The smallest absolute Gasteiger partial charge is 0.128 e. The lowest BCUT2D eigenvalue weighted by Gasteiger charge is -2.35. The zero-order valence-electron chi connectivity index (χ0n) is 9.32. The molecule has 1 saturated carbocycles. The highest BCUT2D eigenvalue weighted by atomic mass is 15.2.